The molecular weight excluding hydrogens is 406 g/mol. The van der Waals surface area contributed by atoms with Gasteiger partial charge in [0, 0.05) is 25.2 Å². The Hall–Kier alpha value is -1.45. The van der Waals surface area contributed by atoms with Crippen LogP contribution in [-0.2, 0) is 26.6 Å². The predicted octanol–water partition coefficient (Wildman–Crippen LogP) is 1.42. The second-order valence-corrected chi connectivity index (χ2v) is 7.53. The largest absolute Gasteiger partial charge is 0.480 e. The first-order valence-corrected chi connectivity index (χ1v) is 8.94. The molecule has 1 aromatic rings. The Morgan fingerprint density at radius 1 is 0.840 bits per heavy atom. The number of aliphatic hydroxyl groups is 1. The molecule has 0 atom stereocenters. The first kappa shape index (κ1) is 23.5. The highest BCUT2D eigenvalue weighted by Crippen LogP contribution is 2.36. The summed E-state index contributed by atoms with van der Waals surface area (Å²) in [5, 5.41) is 8.51. The van der Waals surface area contributed by atoms with Crippen LogP contribution in [0.1, 0.15) is 6.42 Å². The third-order valence-corrected chi connectivity index (χ3v) is 4.87. The van der Waals surface area contributed by atoms with E-state index in [0.29, 0.717) is 0 Å². The highest BCUT2D eigenvalue weighted by atomic mass is 32.3. The molecule has 1 aromatic heterocycles. The molecule has 15 heteroatoms. The second kappa shape index (κ2) is 8.77. The lowest BCUT2D eigenvalue weighted by Crippen LogP contribution is -2.32. The van der Waals surface area contributed by atoms with E-state index in [-0.39, 0.29) is 6.61 Å². The van der Waals surface area contributed by atoms with E-state index >= 15 is 0 Å². The van der Waals surface area contributed by atoms with Gasteiger partial charge in [0.25, 0.3) is 0 Å². The van der Waals surface area contributed by atoms with Crippen LogP contribution in [0.25, 0.3) is 4.13 Å². The zero-order valence-electron chi connectivity index (χ0n) is 12.1. The third-order valence-electron chi connectivity index (χ3n) is 2.13. The molecule has 0 unspecified atom stereocenters. The first-order chi connectivity index (χ1) is 11.1. The van der Waals surface area contributed by atoms with Crippen LogP contribution in [0.3, 0.4) is 0 Å². The third kappa shape index (κ3) is 7.98. The molecule has 146 valence electrons. The maximum Gasteiger partial charge on any atom is 0.480 e. The Balaban J connectivity index is 0.000000496. The Morgan fingerprint density at radius 2 is 1.24 bits per heavy atom. The van der Waals surface area contributed by atoms with Crippen molar-refractivity contribution in [2.75, 3.05) is 6.61 Å². The van der Waals surface area contributed by atoms with Gasteiger partial charge in [-0.15, -0.1) is 0 Å². The highest BCUT2D eigenvalue weighted by Gasteiger charge is 2.46. The smallest absolute Gasteiger partial charge is 0.421 e. The number of aryl methyl sites for hydroxylation is 1. The molecule has 0 saturated carbocycles. The van der Waals surface area contributed by atoms with Crippen molar-refractivity contribution in [3.05, 3.63) is 34.7 Å². The van der Waals surface area contributed by atoms with Gasteiger partial charge in [-0.2, -0.15) is 26.3 Å². The minimum absolute atomic E-state index is 0.266. The number of hydrogen-bond donors (Lipinski definition) is 1. The summed E-state index contributed by atoms with van der Waals surface area (Å²) in [4.78, 5) is 0. The van der Waals surface area contributed by atoms with Crippen molar-refractivity contribution in [3.8, 4) is 0 Å². The Morgan fingerprint density at radius 3 is 1.56 bits per heavy atom. The fourth-order valence-electron chi connectivity index (χ4n) is 1.05. The summed E-state index contributed by atoms with van der Waals surface area (Å²) in [5.74, 6) is 0. The summed E-state index contributed by atoms with van der Waals surface area (Å²) in [6.45, 7) is 1.17. The fraction of sp³-hybridized carbons (Fsp3) is 0.500. The van der Waals surface area contributed by atoms with Crippen LogP contribution >= 0.6 is 0 Å². The number of alkyl halides is 6. The molecule has 1 rings (SSSR count). The van der Waals surface area contributed by atoms with E-state index in [9.17, 15) is 43.2 Å². The maximum absolute atomic E-state index is 11.4. The Labute approximate surface area is 139 Å². The molecule has 0 aromatic carbocycles. The van der Waals surface area contributed by atoms with Crippen LogP contribution in [0.4, 0.5) is 26.3 Å². The molecule has 0 aliphatic carbocycles. The van der Waals surface area contributed by atoms with Crippen molar-refractivity contribution in [1.29, 1.82) is 0 Å². The van der Waals surface area contributed by atoms with E-state index in [1.165, 1.54) is 0 Å². The summed E-state index contributed by atoms with van der Waals surface area (Å²) in [7, 11) is -13.4. The lowest BCUT2D eigenvalue weighted by Gasteiger charge is -2.22. The van der Waals surface area contributed by atoms with Crippen molar-refractivity contribution in [1.82, 2.24) is 0 Å². The molecule has 0 aliphatic heterocycles. The molecule has 0 fully saturated rings. The van der Waals surface area contributed by atoms with Crippen LogP contribution in [0, 0.1) is 0 Å². The predicted molar refractivity (Wildman–Crippen MR) is 71.6 cm³/mol. The highest BCUT2D eigenvalue weighted by molar-refractivity contribution is 8.13. The minimum atomic E-state index is -6.72. The molecular formula is C10H12F6N2O5S2. The van der Waals surface area contributed by atoms with Gasteiger partial charge in [0.15, 0.2) is 39.0 Å². The molecule has 0 saturated heterocycles. The first-order valence-electron chi connectivity index (χ1n) is 6.06. The van der Waals surface area contributed by atoms with E-state index in [0.717, 1.165) is 17.1 Å². The van der Waals surface area contributed by atoms with Gasteiger partial charge in [-0.05, 0) is 0 Å². The van der Waals surface area contributed by atoms with Crippen molar-refractivity contribution in [2.24, 2.45) is 0 Å². The van der Waals surface area contributed by atoms with E-state index < -0.39 is 31.1 Å². The van der Waals surface area contributed by atoms with Crippen molar-refractivity contribution < 1.29 is 52.9 Å². The molecule has 1 N–H and O–H groups in total. The lowest BCUT2D eigenvalue weighted by molar-refractivity contribution is -0.697. The van der Waals surface area contributed by atoms with Gasteiger partial charge in [0.1, 0.15) is 0 Å². The molecule has 1 heterocycles. The summed E-state index contributed by atoms with van der Waals surface area (Å²) < 4.78 is 111. The molecule has 7 nitrogen and oxygen atoms in total. The molecule has 0 spiro atoms. The van der Waals surface area contributed by atoms with Gasteiger partial charge < -0.3 is 9.23 Å². The Bertz CT molecular complexity index is 689. The summed E-state index contributed by atoms with van der Waals surface area (Å²) >= 11 is 0. The molecule has 0 amide bonds. The van der Waals surface area contributed by atoms with Gasteiger partial charge in [0.2, 0.25) is 0 Å². The number of pyridine rings is 1. The molecule has 25 heavy (non-hydrogen) atoms. The van der Waals surface area contributed by atoms with Gasteiger partial charge in [-0.3, -0.25) is 0 Å². The average Bonchev–Trinajstić information content (AvgIpc) is 2.43. The zero-order valence-corrected chi connectivity index (χ0v) is 13.7. The van der Waals surface area contributed by atoms with E-state index in [1.807, 2.05) is 30.6 Å². The van der Waals surface area contributed by atoms with Crippen molar-refractivity contribution >= 4 is 20.0 Å². The van der Waals surface area contributed by atoms with Crippen LogP contribution in [0.5, 0.6) is 0 Å². The zero-order chi connectivity index (χ0) is 19.9. The van der Waals surface area contributed by atoms with Crippen molar-refractivity contribution in [3.63, 3.8) is 0 Å². The fourth-order valence-corrected chi connectivity index (χ4v) is 2.76. The number of hydrogen-bond acceptors (Lipinski definition) is 5. The SMILES string of the molecule is O=S(=O)([N-]S(=O)(=O)C(F)(F)F)C(F)(F)F.OCCC[n+]1ccccc1. The van der Waals surface area contributed by atoms with E-state index in [1.54, 1.807) is 0 Å². The number of aromatic nitrogens is 1. The lowest BCUT2D eigenvalue weighted by atomic mass is 10.4. The normalized spacial score (nSPS) is 13.1. The van der Waals surface area contributed by atoms with Gasteiger partial charge in [0.05, 0.1) is 0 Å². The quantitative estimate of drug-likeness (QED) is 0.575. The second-order valence-electron chi connectivity index (χ2n) is 4.11. The van der Waals surface area contributed by atoms with Gasteiger partial charge in [-0.1, -0.05) is 6.07 Å². The monoisotopic (exact) mass is 418 g/mol. The van der Waals surface area contributed by atoms with Crippen LogP contribution in [0.2, 0.25) is 0 Å². The van der Waals surface area contributed by atoms with Crippen molar-refractivity contribution in [2.45, 2.75) is 24.0 Å². The van der Waals surface area contributed by atoms with E-state index in [4.69, 9.17) is 5.11 Å². The molecule has 0 radical (unpaired) electrons. The number of halogens is 6. The number of aliphatic hydroxyl groups excluding tert-OH is 1. The summed E-state index contributed by atoms with van der Waals surface area (Å²) in [5.41, 5.74) is -12.4. The van der Waals surface area contributed by atoms with Crippen LogP contribution in [0.15, 0.2) is 30.6 Å². The number of rotatable bonds is 5. The number of sulfonamides is 2. The van der Waals surface area contributed by atoms with Crippen LogP contribution < -0.4 is 4.57 Å². The molecule has 0 bridgehead atoms. The minimum Gasteiger partial charge on any atom is -0.421 e. The average molecular weight is 418 g/mol. The number of nitrogens with zero attached hydrogens (tertiary/aromatic N) is 2. The maximum atomic E-state index is 11.4. The summed E-state index contributed by atoms with van der Waals surface area (Å²) in [6.07, 6.45) is 4.82. The molecule has 0 aliphatic rings. The summed E-state index contributed by atoms with van der Waals surface area (Å²) in [6, 6.07) is 5.95. The topological polar surface area (TPSA) is 106 Å². The van der Waals surface area contributed by atoms with Gasteiger partial charge >= 0.3 is 11.0 Å². The Kier molecular flexibility index (Phi) is 8.26. The standard InChI is InChI=1S/C8H12NO.C2F6NO4S2/c10-8-4-7-9-5-2-1-3-6-9;3-1(4,5)14(10,11)9-15(12,13)2(6,7)8/h1-3,5-6,10H,4,7-8H2;/q+1;-1. The van der Waals surface area contributed by atoms with Crippen LogP contribution in [-0.4, -0.2) is 39.6 Å². The van der Waals surface area contributed by atoms with E-state index in [2.05, 4.69) is 4.57 Å². The van der Waals surface area contributed by atoms with Gasteiger partial charge in [-0.25, -0.2) is 21.4 Å².